The topological polar surface area (TPSA) is 421 Å². The Morgan fingerprint density at radius 2 is 0.658 bits per heavy atom. The van der Waals surface area contributed by atoms with Gasteiger partial charge in [0.15, 0.2) is 26.4 Å². The van der Waals surface area contributed by atoms with E-state index in [1.807, 2.05) is 34.6 Å². The zero-order chi connectivity index (χ0) is 86.8. The summed E-state index contributed by atoms with van der Waals surface area (Å²) < 4.78 is 86.9. The number of rotatable bonds is 28. The third-order valence-electron chi connectivity index (χ3n) is 30.2. The van der Waals surface area contributed by atoms with E-state index >= 15 is 0 Å². The third-order valence-corrected chi connectivity index (χ3v) is 30.2. The lowest BCUT2D eigenvalue weighted by atomic mass is 9.49. The molecule has 0 spiro atoms. The van der Waals surface area contributed by atoms with Crippen molar-refractivity contribution in [2.24, 2.45) is 142 Å². The van der Waals surface area contributed by atoms with Crippen LogP contribution >= 0.6 is 0 Å². The van der Waals surface area contributed by atoms with Crippen LogP contribution < -0.4 is 0 Å². The largest absolute Gasteiger partial charge is 0.469 e. The number of esters is 16. The van der Waals surface area contributed by atoms with Gasteiger partial charge in [-0.25, -0.2) is 19.2 Å². The van der Waals surface area contributed by atoms with Crippen LogP contribution in [0.1, 0.15) is 212 Å². The molecule has 120 heavy (non-hydrogen) atoms. The van der Waals surface area contributed by atoms with E-state index in [0.29, 0.717) is 63.2 Å². The molecule has 0 aromatic rings. The van der Waals surface area contributed by atoms with E-state index in [1.165, 1.54) is 13.5 Å². The molecule has 0 amide bonds. The zero-order valence-corrected chi connectivity index (χ0v) is 71.3. The minimum Gasteiger partial charge on any atom is -0.469 e. The fraction of sp³-hybridized carbons (Fsp3) is 0.818. The smallest absolute Gasteiger partial charge is 0.344 e. The molecule has 17 aliphatic rings. The van der Waals surface area contributed by atoms with Crippen LogP contribution in [0.3, 0.4) is 0 Å². The molecular weight excluding hydrogens is 1570 g/mol. The number of hydrogen-bond donors (Lipinski definition) is 0. The van der Waals surface area contributed by atoms with Crippen molar-refractivity contribution in [1.82, 2.24) is 0 Å². The van der Waals surface area contributed by atoms with Gasteiger partial charge >= 0.3 is 95.5 Å². The normalized spacial score (nSPS) is 38.4. The molecular formula is C88H120O32. The lowest BCUT2D eigenvalue weighted by molar-refractivity contribution is -0.218. The number of hydrogen-bond acceptors (Lipinski definition) is 32. The maximum absolute atomic E-state index is 13.8. The van der Waals surface area contributed by atoms with Crippen LogP contribution in [0.25, 0.3) is 0 Å². The summed E-state index contributed by atoms with van der Waals surface area (Å²) in [5, 5.41) is 0. The molecule has 12 bridgehead atoms. The summed E-state index contributed by atoms with van der Waals surface area (Å²) >= 11 is 0. The highest BCUT2D eigenvalue weighted by molar-refractivity contribution is 5.90. The van der Waals surface area contributed by atoms with Crippen molar-refractivity contribution < 1.29 is 153 Å². The predicted molar refractivity (Wildman–Crippen MR) is 407 cm³/mol. The van der Waals surface area contributed by atoms with E-state index in [4.69, 9.17) is 75.8 Å². The Balaban J connectivity index is 0.000000140. The molecule has 664 valence electrons. The first-order valence-electron chi connectivity index (χ1n) is 44.0. The number of ether oxygens (including phenoxy) is 16. The average Bonchev–Trinajstić information content (AvgIpc) is 1.32. The highest BCUT2D eigenvalue weighted by Crippen LogP contribution is 2.66. The molecule has 17 rings (SSSR count). The van der Waals surface area contributed by atoms with Crippen molar-refractivity contribution in [1.29, 1.82) is 0 Å². The molecule has 32 nitrogen and oxygen atoms in total. The van der Waals surface area contributed by atoms with Crippen LogP contribution in [0.15, 0.2) is 0 Å². The van der Waals surface area contributed by atoms with Gasteiger partial charge in [0.2, 0.25) is 0 Å². The Labute approximate surface area is 698 Å². The van der Waals surface area contributed by atoms with Crippen molar-refractivity contribution >= 4 is 95.5 Å². The number of methoxy groups -OCH3 is 1. The monoisotopic (exact) mass is 1690 g/mol. The van der Waals surface area contributed by atoms with Crippen LogP contribution in [0, 0.1) is 142 Å². The van der Waals surface area contributed by atoms with E-state index < -0.39 is 217 Å². The van der Waals surface area contributed by atoms with Gasteiger partial charge in [-0.1, -0.05) is 69.2 Å². The first kappa shape index (κ1) is 89.3. The molecule has 0 aromatic heterocycles. The molecule has 4 heterocycles. The zero-order valence-electron chi connectivity index (χ0n) is 71.3. The van der Waals surface area contributed by atoms with Crippen molar-refractivity contribution in [2.45, 2.75) is 278 Å². The van der Waals surface area contributed by atoms with E-state index in [-0.39, 0.29) is 88.9 Å². The summed E-state index contributed by atoms with van der Waals surface area (Å²) in [6.07, 6.45) is 10.9. The van der Waals surface area contributed by atoms with Gasteiger partial charge in [0.25, 0.3) is 0 Å². The Morgan fingerprint density at radius 3 is 0.925 bits per heavy atom. The second-order valence-electron chi connectivity index (χ2n) is 37.8. The Hall–Kier alpha value is -8.48. The van der Waals surface area contributed by atoms with Gasteiger partial charge < -0.3 is 75.8 Å². The maximum atomic E-state index is 13.8. The third kappa shape index (κ3) is 17.0. The molecule has 0 radical (unpaired) electrons. The highest BCUT2D eigenvalue weighted by Gasteiger charge is 2.75. The summed E-state index contributed by atoms with van der Waals surface area (Å²) in [6.45, 7) is 21.8. The van der Waals surface area contributed by atoms with Gasteiger partial charge in [0, 0.05) is 47.3 Å². The van der Waals surface area contributed by atoms with E-state index in [1.54, 1.807) is 48.5 Å². The lowest BCUT2D eigenvalue weighted by Crippen LogP contribution is -2.60. The average molecular weight is 1690 g/mol. The Kier molecular flexibility index (Phi) is 26.6. The fourth-order valence-electron chi connectivity index (χ4n) is 23.8. The van der Waals surface area contributed by atoms with Crippen molar-refractivity contribution in [2.75, 3.05) is 33.5 Å². The van der Waals surface area contributed by atoms with E-state index in [0.717, 1.165) is 76.0 Å². The molecule has 13 aliphatic carbocycles. The van der Waals surface area contributed by atoms with Crippen LogP contribution in [0.2, 0.25) is 0 Å². The fourth-order valence-corrected chi connectivity index (χ4v) is 23.8. The molecule has 4 aliphatic heterocycles. The van der Waals surface area contributed by atoms with Gasteiger partial charge in [-0.3, -0.25) is 57.5 Å². The van der Waals surface area contributed by atoms with Crippen LogP contribution in [-0.2, 0) is 153 Å². The van der Waals surface area contributed by atoms with E-state index in [9.17, 15) is 76.7 Å². The molecule has 13 saturated carbocycles. The summed E-state index contributed by atoms with van der Waals surface area (Å²) in [5.41, 5.74) is -1.57. The molecule has 0 aromatic carbocycles. The number of carbonyl (C=O) groups excluding carboxylic acids is 16. The molecule has 28 unspecified atom stereocenters. The van der Waals surface area contributed by atoms with Crippen molar-refractivity contribution in [3.63, 3.8) is 0 Å². The Morgan fingerprint density at radius 1 is 0.375 bits per heavy atom. The summed E-state index contributed by atoms with van der Waals surface area (Å²) in [6, 6.07) is 0. The molecule has 0 N–H and O–H groups in total. The molecule has 32 heteroatoms. The summed E-state index contributed by atoms with van der Waals surface area (Å²) in [5.74, 6) is -13.4. The number of carbonyl (C=O) groups is 16. The van der Waals surface area contributed by atoms with E-state index in [2.05, 4.69) is 6.92 Å². The lowest BCUT2D eigenvalue weighted by Gasteiger charge is -2.60. The van der Waals surface area contributed by atoms with Crippen LogP contribution in [-0.4, -0.2) is 195 Å². The van der Waals surface area contributed by atoms with Gasteiger partial charge in [-0.05, 0) is 166 Å². The maximum Gasteiger partial charge on any atom is 0.344 e. The van der Waals surface area contributed by atoms with Crippen molar-refractivity contribution in [3.05, 3.63) is 0 Å². The van der Waals surface area contributed by atoms with Gasteiger partial charge in [-0.2, -0.15) is 0 Å². The predicted octanol–water partition coefficient (Wildman–Crippen LogP) is 8.11. The number of fused-ring (bicyclic) bond motifs is 4. The highest BCUT2D eigenvalue weighted by atomic mass is 16.7. The van der Waals surface area contributed by atoms with Gasteiger partial charge in [0.1, 0.15) is 65.6 Å². The minimum absolute atomic E-state index is 0.137. The first-order chi connectivity index (χ1) is 57.0. The minimum atomic E-state index is -0.722. The SMILES string of the molecule is CCC(C)C(=O)OCC(=O)OC1C2CC3C1OC(=O)C3C2C(=O)OC.CCC(C)C(=O)OCC(=O)OC1C2CC3C1OC(=O)C3C2C(=O)OC(C)(C)C.CCC(C)C(=O)OCC(=O)OC1C2CC3C1OC(=O)C3C2C(=O)OC1(CC)C2CC3CC(C2)CC1C3.CCC(C)C(=O)OCC(=O)OC1C2CC3C1OC(=O)C3C2C(=O)OC1(CC)CCCC1. The molecule has 17 fully saturated rings. The second-order valence-corrected chi connectivity index (χ2v) is 37.8. The first-order valence-corrected chi connectivity index (χ1v) is 44.0. The van der Waals surface area contributed by atoms with Crippen molar-refractivity contribution in [3.8, 4) is 0 Å². The summed E-state index contributed by atoms with van der Waals surface area (Å²) in [7, 11) is 1.27. The van der Waals surface area contributed by atoms with Gasteiger partial charge in [0.05, 0.1) is 78.1 Å². The standard InChI is InChI=1S/C28H38O8.C23H32O8.C20H28O8.C17H22O8/c1-4-13(3)25(30)33-12-20(29)34-23-19-11-18-21(26(31)35-24(18)23)22(19)27(32)36-28(5-2)16-7-14-6-15(9-16)10-17(28)8-14;1-4-12(3)20(25)28-11-15(24)29-18-14-10-13-16(21(26)30-19(13)18)17(14)22(27)31-23(5-2)8-6-7-9-23;1-6-9(2)17(22)25-8-12(21)26-15-11-7-10-13(18(23)27-16(10)15)14(11)19(24)28-20(3,4)5;1-4-7(2)15(19)23-6-10(18)24-13-8-5-9-12(11(8)16(20)22-3)17(21)25-14(9)13/h13-19,21-24H,4-12H2,1-3H3;12-14,16-19H,4-11H2,1-3H3;9-11,13-16H,6-8H2,1-5H3;7-9,11-14H,4-6H2,1-3H3. The Bertz CT molecular complexity index is 3950. The quantitative estimate of drug-likeness (QED) is 0.0527. The van der Waals surface area contributed by atoms with Crippen LogP contribution in [0.5, 0.6) is 0 Å². The molecule has 4 saturated heterocycles. The molecule has 28 atom stereocenters. The second kappa shape index (κ2) is 35.8. The van der Waals surface area contributed by atoms with Gasteiger partial charge in [-0.15, -0.1) is 0 Å². The summed E-state index contributed by atoms with van der Waals surface area (Å²) in [4.78, 5) is 198. The van der Waals surface area contributed by atoms with Crippen LogP contribution in [0.4, 0.5) is 0 Å².